The van der Waals surface area contributed by atoms with Crippen LogP contribution in [0.15, 0.2) is 18.2 Å². The molecular weight excluding hydrogens is 186 g/mol. The zero-order valence-electron chi connectivity index (χ0n) is 7.89. The molecule has 1 rings (SSSR count). The van der Waals surface area contributed by atoms with E-state index >= 15 is 0 Å². The van der Waals surface area contributed by atoms with Gasteiger partial charge < -0.3 is 11.1 Å². The summed E-state index contributed by atoms with van der Waals surface area (Å²) in [6.07, 6.45) is 0.678. The van der Waals surface area contributed by atoms with Crippen molar-refractivity contribution in [3.63, 3.8) is 0 Å². The van der Waals surface area contributed by atoms with Crippen molar-refractivity contribution >= 4 is 0 Å². The topological polar surface area (TPSA) is 38.0 Å². The van der Waals surface area contributed by atoms with Crippen LogP contribution in [0.3, 0.4) is 0 Å². The number of nitrogens with one attached hydrogen (secondary N) is 1. The molecule has 2 nitrogen and oxygen atoms in total. The lowest BCUT2D eigenvalue weighted by molar-refractivity contribution is 0.506. The molecule has 1 aromatic carbocycles. The molecule has 0 aliphatic heterocycles. The SMILES string of the molecule is NCCNCCc1ccc(F)c(F)c1. The first-order chi connectivity index (χ1) is 6.74. The lowest BCUT2D eigenvalue weighted by Crippen LogP contribution is -2.24. The summed E-state index contributed by atoms with van der Waals surface area (Å²) in [5.41, 5.74) is 6.07. The van der Waals surface area contributed by atoms with E-state index in [9.17, 15) is 8.78 Å². The van der Waals surface area contributed by atoms with E-state index in [-0.39, 0.29) is 0 Å². The Bertz CT molecular complexity index is 289. The van der Waals surface area contributed by atoms with Crippen LogP contribution in [-0.2, 0) is 6.42 Å². The first kappa shape index (κ1) is 11.1. The highest BCUT2D eigenvalue weighted by molar-refractivity contribution is 5.17. The quantitative estimate of drug-likeness (QED) is 0.697. The summed E-state index contributed by atoms with van der Waals surface area (Å²) >= 11 is 0. The predicted molar refractivity (Wildman–Crippen MR) is 52.0 cm³/mol. The fraction of sp³-hybridized carbons (Fsp3) is 0.400. The molecule has 4 heteroatoms. The average Bonchev–Trinajstić information content (AvgIpc) is 2.18. The van der Waals surface area contributed by atoms with Gasteiger partial charge in [-0.25, -0.2) is 8.78 Å². The van der Waals surface area contributed by atoms with E-state index in [1.807, 2.05) is 0 Å². The summed E-state index contributed by atoms with van der Waals surface area (Å²) in [5, 5.41) is 3.08. The van der Waals surface area contributed by atoms with E-state index in [0.717, 1.165) is 24.7 Å². The second kappa shape index (κ2) is 5.67. The number of hydrogen-bond acceptors (Lipinski definition) is 2. The van der Waals surface area contributed by atoms with Gasteiger partial charge in [0.05, 0.1) is 0 Å². The van der Waals surface area contributed by atoms with Crippen LogP contribution >= 0.6 is 0 Å². The van der Waals surface area contributed by atoms with E-state index in [0.29, 0.717) is 13.0 Å². The minimum absolute atomic E-state index is 0.581. The van der Waals surface area contributed by atoms with Crippen LogP contribution in [0.25, 0.3) is 0 Å². The van der Waals surface area contributed by atoms with E-state index in [2.05, 4.69) is 5.32 Å². The summed E-state index contributed by atoms with van der Waals surface area (Å²) in [4.78, 5) is 0. The molecule has 0 saturated carbocycles. The maximum atomic E-state index is 12.7. The van der Waals surface area contributed by atoms with Gasteiger partial charge in [-0.3, -0.25) is 0 Å². The molecule has 0 aromatic heterocycles. The molecule has 14 heavy (non-hydrogen) atoms. The molecule has 0 bridgehead atoms. The third kappa shape index (κ3) is 3.40. The first-order valence-corrected chi connectivity index (χ1v) is 4.58. The van der Waals surface area contributed by atoms with Crippen molar-refractivity contribution in [3.8, 4) is 0 Å². The number of benzene rings is 1. The Morgan fingerprint density at radius 3 is 2.57 bits per heavy atom. The van der Waals surface area contributed by atoms with Gasteiger partial charge in [-0.05, 0) is 30.7 Å². The van der Waals surface area contributed by atoms with Crippen molar-refractivity contribution in [2.75, 3.05) is 19.6 Å². The van der Waals surface area contributed by atoms with Gasteiger partial charge in [-0.1, -0.05) is 6.07 Å². The van der Waals surface area contributed by atoms with Crippen molar-refractivity contribution in [2.45, 2.75) is 6.42 Å². The predicted octanol–water partition coefficient (Wildman–Crippen LogP) is 1.06. The smallest absolute Gasteiger partial charge is 0.159 e. The van der Waals surface area contributed by atoms with Gasteiger partial charge in [0.25, 0.3) is 0 Å². The molecule has 0 fully saturated rings. The molecule has 0 heterocycles. The molecule has 0 spiro atoms. The number of halogens is 2. The summed E-state index contributed by atoms with van der Waals surface area (Å²) in [5.74, 6) is -1.59. The highest BCUT2D eigenvalue weighted by Crippen LogP contribution is 2.08. The van der Waals surface area contributed by atoms with E-state index in [4.69, 9.17) is 5.73 Å². The van der Waals surface area contributed by atoms with Gasteiger partial charge in [0, 0.05) is 13.1 Å². The van der Waals surface area contributed by atoms with E-state index in [1.165, 1.54) is 6.07 Å². The van der Waals surface area contributed by atoms with Crippen LogP contribution in [0.2, 0.25) is 0 Å². The molecule has 0 radical (unpaired) electrons. The van der Waals surface area contributed by atoms with E-state index < -0.39 is 11.6 Å². The molecule has 0 aliphatic carbocycles. The van der Waals surface area contributed by atoms with Crippen LogP contribution < -0.4 is 11.1 Å². The molecule has 3 N–H and O–H groups in total. The monoisotopic (exact) mass is 200 g/mol. The van der Waals surface area contributed by atoms with Gasteiger partial charge >= 0.3 is 0 Å². The maximum absolute atomic E-state index is 12.7. The van der Waals surface area contributed by atoms with E-state index in [1.54, 1.807) is 6.07 Å². The summed E-state index contributed by atoms with van der Waals surface area (Å²) in [6, 6.07) is 3.95. The fourth-order valence-electron chi connectivity index (χ4n) is 1.15. The average molecular weight is 200 g/mol. The van der Waals surface area contributed by atoms with Crippen molar-refractivity contribution in [2.24, 2.45) is 5.73 Å². The lowest BCUT2D eigenvalue weighted by atomic mass is 10.1. The molecule has 0 unspecified atom stereocenters. The fourth-order valence-corrected chi connectivity index (χ4v) is 1.15. The molecule has 0 amide bonds. The summed E-state index contributed by atoms with van der Waals surface area (Å²) in [6.45, 7) is 2.05. The Balaban J connectivity index is 2.39. The van der Waals surface area contributed by atoms with Crippen LogP contribution in [0.1, 0.15) is 5.56 Å². The summed E-state index contributed by atoms with van der Waals surface area (Å²) < 4.78 is 25.3. The second-order valence-electron chi connectivity index (χ2n) is 3.04. The number of nitrogens with two attached hydrogens (primary N) is 1. The van der Waals surface area contributed by atoms with Crippen molar-refractivity contribution in [3.05, 3.63) is 35.4 Å². The Labute approximate surface area is 82.1 Å². The molecule has 1 aromatic rings. The maximum Gasteiger partial charge on any atom is 0.159 e. The highest BCUT2D eigenvalue weighted by Gasteiger charge is 2.01. The Kier molecular flexibility index (Phi) is 4.49. The van der Waals surface area contributed by atoms with Gasteiger partial charge in [-0.2, -0.15) is 0 Å². The molecule has 78 valence electrons. The van der Waals surface area contributed by atoms with Crippen molar-refractivity contribution in [1.82, 2.24) is 5.32 Å². The van der Waals surface area contributed by atoms with Gasteiger partial charge in [-0.15, -0.1) is 0 Å². The Morgan fingerprint density at radius 1 is 1.14 bits per heavy atom. The highest BCUT2D eigenvalue weighted by atomic mass is 19.2. The molecular formula is C10H14F2N2. The summed E-state index contributed by atoms with van der Waals surface area (Å²) in [7, 11) is 0. The van der Waals surface area contributed by atoms with Crippen molar-refractivity contribution < 1.29 is 8.78 Å². The lowest BCUT2D eigenvalue weighted by Gasteiger charge is -2.03. The Morgan fingerprint density at radius 2 is 1.93 bits per heavy atom. The van der Waals surface area contributed by atoms with Crippen LogP contribution in [0, 0.1) is 11.6 Å². The molecule has 0 atom stereocenters. The van der Waals surface area contributed by atoms with Crippen molar-refractivity contribution in [1.29, 1.82) is 0 Å². The van der Waals surface area contributed by atoms with Crippen LogP contribution in [0.5, 0.6) is 0 Å². The third-order valence-corrected chi connectivity index (χ3v) is 1.90. The van der Waals surface area contributed by atoms with Gasteiger partial charge in [0.1, 0.15) is 0 Å². The molecule has 0 aliphatic rings. The van der Waals surface area contributed by atoms with Crippen LogP contribution in [0.4, 0.5) is 8.78 Å². The second-order valence-corrected chi connectivity index (χ2v) is 3.04. The zero-order valence-corrected chi connectivity index (χ0v) is 7.89. The minimum atomic E-state index is -0.802. The normalized spacial score (nSPS) is 10.5. The Hall–Kier alpha value is -1.00. The van der Waals surface area contributed by atoms with Gasteiger partial charge in [0.15, 0.2) is 11.6 Å². The number of rotatable bonds is 5. The first-order valence-electron chi connectivity index (χ1n) is 4.58. The van der Waals surface area contributed by atoms with Gasteiger partial charge in [0.2, 0.25) is 0 Å². The largest absolute Gasteiger partial charge is 0.329 e. The number of hydrogen-bond donors (Lipinski definition) is 2. The minimum Gasteiger partial charge on any atom is -0.329 e. The zero-order chi connectivity index (χ0) is 10.4. The standard InChI is InChI=1S/C10H14F2N2/c11-9-2-1-8(7-10(9)12)3-5-14-6-4-13/h1-2,7,14H,3-6,13H2. The molecule has 0 saturated heterocycles. The van der Waals surface area contributed by atoms with Crippen LogP contribution in [-0.4, -0.2) is 19.6 Å². The third-order valence-electron chi connectivity index (χ3n) is 1.90.